The van der Waals surface area contributed by atoms with E-state index < -0.39 is 22.4 Å². The van der Waals surface area contributed by atoms with Crippen molar-refractivity contribution in [3.05, 3.63) is 39.4 Å². The first kappa shape index (κ1) is 13.4. The lowest BCUT2D eigenvalue weighted by Gasteiger charge is -2.12. The van der Waals surface area contributed by atoms with Crippen LogP contribution in [0.5, 0.6) is 0 Å². The van der Waals surface area contributed by atoms with Gasteiger partial charge in [-0.1, -0.05) is 0 Å². The Morgan fingerprint density at radius 1 is 1.29 bits per heavy atom. The van der Waals surface area contributed by atoms with E-state index in [4.69, 9.17) is 0 Å². The minimum absolute atomic E-state index is 0.213. The van der Waals surface area contributed by atoms with Gasteiger partial charge in [0.15, 0.2) is 0 Å². The number of rotatable bonds is 3. The quantitative estimate of drug-likeness (QED) is 0.610. The van der Waals surface area contributed by atoms with Crippen LogP contribution in [0.1, 0.15) is 11.1 Å². The summed E-state index contributed by atoms with van der Waals surface area (Å²) >= 11 is 0. The van der Waals surface area contributed by atoms with Crippen LogP contribution in [0.4, 0.5) is 18.9 Å². The highest BCUT2D eigenvalue weighted by Crippen LogP contribution is 2.32. The molecule has 0 aromatic heterocycles. The lowest BCUT2D eigenvalue weighted by molar-refractivity contribution is -0.385. The molecule has 0 fully saturated rings. The molecule has 0 spiro atoms. The maximum atomic E-state index is 12.5. The number of nitrogens with zero attached hydrogens (tertiary/aromatic N) is 2. The van der Waals surface area contributed by atoms with Gasteiger partial charge in [0.1, 0.15) is 0 Å². The third-order valence-electron chi connectivity index (χ3n) is 2.01. The van der Waals surface area contributed by atoms with Gasteiger partial charge in [-0.05, 0) is 25.7 Å². The van der Waals surface area contributed by atoms with Crippen molar-refractivity contribution in [2.24, 2.45) is 0 Å². The van der Waals surface area contributed by atoms with Crippen LogP contribution >= 0.6 is 0 Å². The molecule has 1 aromatic carbocycles. The van der Waals surface area contributed by atoms with Crippen molar-refractivity contribution in [2.45, 2.75) is 12.7 Å². The second kappa shape index (κ2) is 4.70. The molecule has 1 rings (SSSR count). The van der Waals surface area contributed by atoms with E-state index >= 15 is 0 Å². The highest BCUT2D eigenvalue weighted by molar-refractivity contribution is 5.40. The molecule has 1 aromatic rings. The average Bonchev–Trinajstić information content (AvgIpc) is 2.14. The van der Waals surface area contributed by atoms with Crippen LogP contribution < -0.4 is 0 Å². The van der Waals surface area contributed by atoms with E-state index in [-0.39, 0.29) is 12.1 Å². The molecule has 17 heavy (non-hydrogen) atoms. The molecule has 0 atom stereocenters. The normalized spacial score (nSPS) is 11.9. The molecule has 0 amide bonds. The van der Waals surface area contributed by atoms with Gasteiger partial charge in [-0.2, -0.15) is 13.2 Å². The first-order chi connectivity index (χ1) is 7.70. The monoisotopic (exact) mass is 248 g/mol. The van der Waals surface area contributed by atoms with Gasteiger partial charge in [0, 0.05) is 18.7 Å². The van der Waals surface area contributed by atoms with Gasteiger partial charge in [-0.15, -0.1) is 0 Å². The van der Waals surface area contributed by atoms with Crippen LogP contribution in [-0.2, 0) is 12.7 Å². The molecular formula is C10H11F3N2O2. The fourth-order valence-electron chi connectivity index (χ4n) is 1.40. The van der Waals surface area contributed by atoms with Gasteiger partial charge >= 0.3 is 6.18 Å². The maximum Gasteiger partial charge on any atom is 0.416 e. The van der Waals surface area contributed by atoms with E-state index in [1.54, 1.807) is 19.0 Å². The Morgan fingerprint density at radius 2 is 1.88 bits per heavy atom. The highest BCUT2D eigenvalue weighted by Gasteiger charge is 2.32. The molecule has 0 saturated heterocycles. The number of hydrogen-bond donors (Lipinski definition) is 0. The smallest absolute Gasteiger partial charge is 0.305 e. The molecule has 0 aliphatic rings. The Morgan fingerprint density at radius 3 is 2.29 bits per heavy atom. The molecule has 0 bridgehead atoms. The first-order valence-corrected chi connectivity index (χ1v) is 4.70. The van der Waals surface area contributed by atoms with Crippen molar-refractivity contribution in [1.82, 2.24) is 4.90 Å². The van der Waals surface area contributed by atoms with Crippen LogP contribution in [-0.4, -0.2) is 23.9 Å². The Labute approximate surface area is 95.8 Å². The summed E-state index contributed by atoms with van der Waals surface area (Å²) in [5, 5.41) is 10.5. The number of halogens is 3. The summed E-state index contributed by atoms with van der Waals surface area (Å²) in [5.41, 5.74) is -1.28. The summed E-state index contributed by atoms with van der Waals surface area (Å²) in [6, 6.07) is 2.61. The van der Waals surface area contributed by atoms with Crippen molar-refractivity contribution < 1.29 is 18.1 Å². The lowest BCUT2D eigenvalue weighted by atomic mass is 10.1. The van der Waals surface area contributed by atoms with E-state index in [0.29, 0.717) is 6.07 Å². The molecule has 0 aliphatic carbocycles. The topological polar surface area (TPSA) is 46.4 Å². The molecule has 0 radical (unpaired) electrons. The minimum atomic E-state index is -4.58. The van der Waals surface area contributed by atoms with Crippen molar-refractivity contribution in [1.29, 1.82) is 0 Å². The number of non-ortho nitro benzene ring substituents is 1. The van der Waals surface area contributed by atoms with Crippen LogP contribution in [0, 0.1) is 10.1 Å². The Balaban J connectivity index is 3.24. The summed E-state index contributed by atoms with van der Waals surface area (Å²) in [4.78, 5) is 11.4. The van der Waals surface area contributed by atoms with Gasteiger partial charge in [0.05, 0.1) is 10.5 Å². The Hall–Kier alpha value is -1.63. The minimum Gasteiger partial charge on any atom is -0.305 e. The van der Waals surface area contributed by atoms with Crippen molar-refractivity contribution in [3.63, 3.8) is 0 Å². The van der Waals surface area contributed by atoms with Crippen LogP contribution in [0.2, 0.25) is 0 Å². The zero-order valence-electron chi connectivity index (χ0n) is 9.28. The Kier molecular flexibility index (Phi) is 3.72. The zero-order valence-corrected chi connectivity index (χ0v) is 9.28. The molecule has 4 nitrogen and oxygen atoms in total. The summed E-state index contributed by atoms with van der Waals surface area (Å²) < 4.78 is 37.5. The zero-order chi connectivity index (χ0) is 13.2. The van der Waals surface area contributed by atoms with E-state index in [2.05, 4.69) is 0 Å². The van der Waals surface area contributed by atoms with Crippen LogP contribution in [0.3, 0.4) is 0 Å². The molecule has 0 unspecified atom stereocenters. The van der Waals surface area contributed by atoms with Gasteiger partial charge < -0.3 is 4.90 Å². The fraction of sp³-hybridized carbons (Fsp3) is 0.400. The third-order valence-corrected chi connectivity index (χ3v) is 2.01. The largest absolute Gasteiger partial charge is 0.416 e. The second-order valence-electron chi connectivity index (χ2n) is 3.88. The van der Waals surface area contributed by atoms with Gasteiger partial charge in [0.2, 0.25) is 0 Å². The maximum absolute atomic E-state index is 12.5. The van der Waals surface area contributed by atoms with Crippen molar-refractivity contribution in [2.75, 3.05) is 14.1 Å². The Bertz CT molecular complexity index is 430. The van der Waals surface area contributed by atoms with Crippen LogP contribution in [0.15, 0.2) is 18.2 Å². The predicted octanol–water partition coefficient (Wildman–Crippen LogP) is 2.68. The first-order valence-electron chi connectivity index (χ1n) is 4.70. The number of nitro groups is 1. The van der Waals surface area contributed by atoms with E-state index in [9.17, 15) is 23.3 Å². The standard InChI is InChI=1S/C10H11F3N2O2/c1-14(2)6-7-3-8(10(11,12)13)5-9(4-7)15(16)17/h3-5H,6H2,1-2H3. The number of nitro benzene ring substituents is 1. The van der Waals surface area contributed by atoms with E-state index in [0.717, 1.165) is 12.1 Å². The van der Waals surface area contributed by atoms with Gasteiger partial charge in [0.25, 0.3) is 5.69 Å². The third kappa shape index (κ3) is 3.70. The van der Waals surface area contributed by atoms with E-state index in [1.165, 1.54) is 0 Å². The number of alkyl halides is 3. The van der Waals surface area contributed by atoms with E-state index in [1.807, 2.05) is 0 Å². The molecule has 0 heterocycles. The van der Waals surface area contributed by atoms with Gasteiger partial charge in [-0.25, -0.2) is 0 Å². The molecule has 0 N–H and O–H groups in total. The molecule has 7 heteroatoms. The van der Waals surface area contributed by atoms with Crippen molar-refractivity contribution in [3.8, 4) is 0 Å². The summed E-state index contributed by atoms with van der Waals surface area (Å²) in [7, 11) is 3.35. The second-order valence-corrected chi connectivity index (χ2v) is 3.88. The summed E-state index contributed by atoms with van der Waals surface area (Å²) in [5.74, 6) is 0. The molecule has 0 aliphatic heterocycles. The van der Waals surface area contributed by atoms with Gasteiger partial charge in [-0.3, -0.25) is 10.1 Å². The van der Waals surface area contributed by atoms with Crippen molar-refractivity contribution >= 4 is 5.69 Å². The molecule has 0 saturated carbocycles. The lowest BCUT2D eigenvalue weighted by Crippen LogP contribution is -2.13. The molecular weight excluding hydrogens is 237 g/mol. The average molecular weight is 248 g/mol. The summed E-state index contributed by atoms with van der Waals surface area (Å²) in [6.45, 7) is 0.213. The molecule has 94 valence electrons. The number of benzene rings is 1. The highest BCUT2D eigenvalue weighted by atomic mass is 19.4. The van der Waals surface area contributed by atoms with Crippen LogP contribution in [0.25, 0.3) is 0 Å². The fourth-order valence-corrected chi connectivity index (χ4v) is 1.40. The SMILES string of the molecule is CN(C)Cc1cc([N+](=O)[O-])cc(C(F)(F)F)c1. The summed E-state index contributed by atoms with van der Waals surface area (Å²) in [6.07, 6.45) is -4.58. The number of hydrogen-bond acceptors (Lipinski definition) is 3. The predicted molar refractivity (Wildman–Crippen MR) is 55.5 cm³/mol.